The van der Waals surface area contributed by atoms with E-state index in [1.54, 1.807) is 6.07 Å². The maximum atomic E-state index is 13.2. The Labute approximate surface area is 183 Å². The normalized spacial score (nSPS) is 17.0. The molecule has 0 saturated carbocycles. The van der Waals surface area contributed by atoms with Gasteiger partial charge in [-0.15, -0.1) is 13.2 Å². The van der Waals surface area contributed by atoms with E-state index in [4.69, 9.17) is 4.74 Å². The summed E-state index contributed by atoms with van der Waals surface area (Å²) in [6, 6.07) is 3.18. The molecule has 0 unspecified atom stereocenters. The number of aromatic amines is 1. The molecule has 0 radical (unpaired) electrons. The molecule has 2 N–H and O–H groups in total. The van der Waals surface area contributed by atoms with Gasteiger partial charge in [0, 0.05) is 24.2 Å². The maximum Gasteiger partial charge on any atom is 0.573 e. The van der Waals surface area contributed by atoms with Gasteiger partial charge in [-0.25, -0.2) is 14.6 Å². The third-order valence-corrected chi connectivity index (χ3v) is 5.12. The first kappa shape index (κ1) is 23.4. The molecule has 2 atom stereocenters. The largest absolute Gasteiger partial charge is 0.573 e. The number of methoxy groups -OCH3 is 1. The summed E-state index contributed by atoms with van der Waals surface area (Å²) in [5, 5.41) is 2.67. The van der Waals surface area contributed by atoms with Gasteiger partial charge in [0.1, 0.15) is 17.8 Å². The van der Waals surface area contributed by atoms with E-state index in [0.717, 1.165) is 0 Å². The number of benzene rings is 1. The molecule has 1 aromatic heterocycles. The zero-order chi connectivity index (χ0) is 23.5. The molecule has 174 valence electrons. The average Bonchev–Trinajstić information content (AvgIpc) is 3.20. The molecule has 0 aliphatic carbocycles. The minimum absolute atomic E-state index is 0.0930. The fourth-order valence-corrected chi connectivity index (χ4v) is 3.79. The number of esters is 1. The molecule has 8 nitrogen and oxygen atoms in total. The first-order chi connectivity index (χ1) is 15.1. The second kappa shape index (κ2) is 9.49. The average molecular weight is 454 g/mol. The van der Waals surface area contributed by atoms with E-state index in [1.165, 1.54) is 36.5 Å². The Hall–Kier alpha value is -3.24. The summed E-state index contributed by atoms with van der Waals surface area (Å²) >= 11 is 0. The molecule has 0 bridgehead atoms. The van der Waals surface area contributed by atoms with Crippen LogP contribution in [0, 0.1) is 5.92 Å². The molecule has 32 heavy (non-hydrogen) atoms. The molecule has 0 fully saturated rings. The summed E-state index contributed by atoms with van der Waals surface area (Å²) in [5.41, 5.74) is 1.27. The number of hydrogen-bond acceptors (Lipinski definition) is 5. The molecule has 3 rings (SSSR count). The molecule has 0 saturated heterocycles. The van der Waals surface area contributed by atoms with Crippen molar-refractivity contribution in [1.82, 2.24) is 20.2 Å². The quantitative estimate of drug-likeness (QED) is 0.651. The Bertz CT molecular complexity index is 961. The lowest BCUT2D eigenvalue weighted by atomic mass is 9.95. The number of urea groups is 1. The summed E-state index contributed by atoms with van der Waals surface area (Å²) in [5.74, 6) is -0.928. The van der Waals surface area contributed by atoms with Crippen molar-refractivity contribution in [2.24, 2.45) is 5.92 Å². The third kappa shape index (κ3) is 5.32. The minimum atomic E-state index is -4.90. The van der Waals surface area contributed by atoms with Gasteiger partial charge in [0.15, 0.2) is 0 Å². The highest BCUT2D eigenvalue weighted by atomic mass is 19.4. The Morgan fingerprint density at radius 2 is 2.03 bits per heavy atom. The molecule has 1 aliphatic rings. The number of carbonyl (C=O) groups excluding carboxylic acids is 2. The third-order valence-electron chi connectivity index (χ3n) is 5.12. The highest BCUT2D eigenvalue weighted by Crippen LogP contribution is 2.39. The lowest BCUT2D eigenvalue weighted by molar-refractivity contribution is -0.275. The number of rotatable bonds is 6. The maximum absolute atomic E-state index is 13.2. The van der Waals surface area contributed by atoms with Crippen LogP contribution in [0.25, 0.3) is 0 Å². The molecular weight excluding hydrogens is 429 g/mol. The number of aromatic nitrogens is 2. The van der Waals surface area contributed by atoms with Crippen LogP contribution in [0.2, 0.25) is 0 Å². The summed E-state index contributed by atoms with van der Waals surface area (Å²) < 4.78 is 48.1. The number of nitrogens with one attached hydrogen (secondary N) is 2. The van der Waals surface area contributed by atoms with Crippen molar-refractivity contribution in [3.63, 3.8) is 0 Å². The Kier molecular flexibility index (Phi) is 6.95. The number of nitrogens with zero attached hydrogens (tertiary/aromatic N) is 2. The van der Waals surface area contributed by atoms with E-state index >= 15 is 0 Å². The van der Waals surface area contributed by atoms with Gasteiger partial charge in [-0.3, -0.25) is 0 Å². The van der Waals surface area contributed by atoms with Gasteiger partial charge >= 0.3 is 18.4 Å². The van der Waals surface area contributed by atoms with Crippen LogP contribution in [0.1, 0.15) is 43.3 Å². The van der Waals surface area contributed by atoms with Gasteiger partial charge in [-0.1, -0.05) is 32.0 Å². The second-order valence-corrected chi connectivity index (χ2v) is 7.85. The van der Waals surface area contributed by atoms with E-state index in [9.17, 15) is 22.8 Å². The van der Waals surface area contributed by atoms with E-state index < -0.39 is 36.2 Å². The fraction of sp³-hybridized carbons (Fsp3) is 0.476. The first-order valence-electron chi connectivity index (χ1n) is 10.1. The van der Waals surface area contributed by atoms with Gasteiger partial charge in [-0.05, 0) is 18.4 Å². The molecule has 1 aliphatic heterocycles. The standard InChI is InChI=1S/C21H25F3N4O4/c1-12(2)10-15(19(29)31-3)27-20(30)28-9-8-14-17(26-11-25-14)18(28)13-6-4-5-7-16(13)32-21(22,23)24/h4-7,11-12,15,18H,8-10H2,1-3H3,(H,25,26)(H,27,30)/t15-,18+/m0/s1. The van der Waals surface area contributed by atoms with Crippen molar-refractivity contribution >= 4 is 12.0 Å². The zero-order valence-electron chi connectivity index (χ0n) is 17.9. The predicted molar refractivity (Wildman–Crippen MR) is 108 cm³/mol. The molecule has 11 heteroatoms. The zero-order valence-corrected chi connectivity index (χ0v) is 17.9. The number of imidazole rings is 1. The van der Waals surface area contributed by atoms with E-state index in [-0.39, 0.29) is 18.0 Å². The fourth-order valence-electron chi connectivity index (χ4n) is 3.79. The van der Waals surface area contributed by atoms with Gasteiger partial charge in [0.2, 0.25) is 0 Å². The Morgan fingerprint density at radius 3 is 2.69 bits per heavy atom. The van der Waals surface area contributed by atoms with Crippen LogP contribution in [0.15, 0.2) is 30.6 Å². The second-order valence-electron chi connectivity index (χ2n) is 7.85. The predicted octanol–water partition coefficient (Wildman–Crippen LogP) is 3.55. The van der Waals surface area contributed by atoms with Crippen LogP contribution in [0.5, 0.6) is 5.75 Å². The van der Waals surface area contributed by atoms with E-state index in [0.29, 0.717) is 24.2 Å². The number of carbonyl (C=O) groups is 2. The van der Waals surface area contributed by atoms with Crippen molar-refractivity contribution in [3.8, 4) is 5.75 Å². The highest BCUT2D eigenvalue weighted by molar-refractivity contribution is 5.84. The topological polar surface area (TPSA) is 96.6 Å². The molecule has 2 heterocycles. The Balaban J connectivity index is 1.98. The van der Waals surface area contributed by atoms with Crippen LogP contribution in [-0.2, 0) is 16.0 Å². The molecule has 2 amide bonds. The van der Waals surface area contributed by atoms with Crippen LogP contribution in [0.4, 0.5) is 18.0 Å². The van der Waals surface area contributed by atoms with Crippen LogP contribution < -0.4 is 10.1 Å². The minimum Gasteiger partial charge on any atom is -0.467 e. The van der Waals surface area contributed by atoms with Gasteiger partial charge in [-0.2, -0.15) is 0 Å². The number of H-pyrrole nitrogens is 1. The number of alkyl halides is 3. The SMILES string of the molecule is COC(=O)[C@H](CC(C)C)NC(=O)N1CCc2[nH]cnc2[C@H]1c1ccccc1OC(F)(F)F. The number of ether oxygens (including phenoxy) is 2. The number of amides is 2. The number of hydrogen-bond donors (Lipinski definition) is 2. The smallest absolute Gasteiger partial charge is 0.467 e. The molecule has 2 aromatic rings. The van der Waals surface area contributed by atoms with Crippen LogP contribution in [-0.4, -0.2) is 52.9 Å². The lowest BCUT2D eigenvalue weighted by Crippen LogP contribution is -2.51. The van der Waals surface area contributed by atoms with Crippen molar-refractivity contribution < 1.29 is 32.2 Å². The van der Waals surface area contributed by atoms with E-state index in [1.807, 2.05) is 13.8 Å². The van der Waals surface area contributed by atoms with Crippen molar-refractivity contribution in [2.75, 3.05) is 13.7 Å². The van der Waals surface area contributed by atoms with Gasteiger partial charge < -0.3 is 24.7 Å². The first-order valence-corrected chi connectivity index (χ1v) is 10.1. The molecule has 1 aromatic carbocycles. The molecule has 0 spiro atoms. The summed E-state index contributed by atoms with van der Waals surface area (Å²) in [7, 11) is 1.23. The summed E-state index contributed by atoms with van der Waals surface area (Å²) in [4.78, 5) is 34.0. The summed E-state index contributed by atoms with van der Waals surface area (Å²) in [6.45, 7) is 3.99. The Morgan fingerprint density at radius 1 is 1.31 bits per heavy atom. The number of fused-ring (bicyclic) bond motifs is 1. The summed E-state index contributed by atoms with van der Waals surface area (Å²) in [6.07, 6.45) is -2.70. The van der Waals surface area contributed by atoms with E-state index in [2.05, 4.69) is 20.0 Å². The van der Waals surface area contributed by atoms with Crippen molar-refractivity contribution in [3.05, 3.63) is 47.5 Å². The van der Waals surface area contributed by atoms with Crippen molar-refractivity contribution in [2.45, 2.75) is 45.1 Å². The van der Waals surface area contributed by atoms with Gasteiger partial charge in [0.05, 0.1) is 19.1 Å². The van der Waals surface area contributed by atoms with Crippen LogP contribution in [0.3, 0.4) is 0 Å². The number of para-hydroxylation sites is 1. The number of halogens is 3. The van der Waals surface area contributed by atoms with Crippen LogP contribution >= 0.6 is 0 Å². The highest BCUT2D eigenvalue weighted by Gasteiger charge is 2.39. The van der Waals surface area contributed by atoms with Gasteiger partial charge in [0.25, 0.3) is 0 Å². The monoisotopic (exact) mass is 454 g/mol. The lowest BCUT2D eigenvalue weighted by Gasteiger charge is -2.36. The molecular formula is C21H25F3N4O4. The van der Waals surface area contributed by atoms with Crippen molar-refractivity contribution in [1.29, 1.82) is 0 Å².